The average molecular weight is 241 g/mol. The molecule has 1 unspecified atom stereocenters. The molecule has 2 heterocycles. The summed E-state index contributed by atoms with van der Waals surface area (Å²) in [5, 5.41) is 2.00. The van der Waals surface area contributed by atoms with Crippen molar-refractivity contribution >= 4 is 16.3 Å². The van der Waals surface area contributed by atoms with Gasteiger partial charge in [-0.05, 0) is 0 Å². The van der Waals surface area contributed by atoms with Crippen LogP contribution in [0.1, 0.15) is 5.69 Å². The number of methoxy groups -OCH3 is 2. The third-order valence-electron chi connectivity index (χ3n) is 2.40. The molecule has 2 N–H and O–H groups in total. The van der Waals surface area contributed by atoms with Crippen molar-refractivity contribution < 1.29 is 9.47 Å². The molecule has 0 saturated carbocycles. The first-order chi connectivity index (χ1) is 7.74. The van der Waals surface area contributed by atoms with E-state index in [1.54, 1.807) is 25.6 Å². The number of nitrogens with zero attached hydrogens (tertiary/aromatic N) is 2. The molecule has 0 fully saturated rings. The molecule has 2 aromatic heterocycles. The van der Waals surface area contributed by atoms with E-state index in [9.17, 15) is 0 Å². The predicted octanol–water partition coefficient (Wildman–Crippen LogP) is 0.884. The molecule has 0 aromatic carbocycles. The van der Waals surface area contributed by atoms with E-state index in [2.05, 4.69) is 4.98 Å². The molecule has 2 rings (SSSR count). The summed E-state index contributed by atoms with van der Waals surface area (Å²) in [7, 11) is 3.17. The number of aromatic nitrogens is 2. The number of rotatable bonds is 5. The molecule has 0 aliphatic carbocycles. The standard InChI is InChI=1S/C10H15N3O2S/c1-14-9(15-2)8(11)5-7-6-13-3-4-16-10(13)12-7/h3-4,6,8-9H,5,11H2,1-2H3. The number of hydrogen-bond donors (Lipinski definition) is 1. The highest BCUT2D eigenvalue weighted by Crippen LogP contribution is 2.13. The van der Waals surface area contributed by atoms with Crippen LogP contribution in [0.4, 0.5) is 0 Å². The van der Waals surface area contributed by atoms with E-state index in [1.165, 1.54) is 0 Å². The minimum Gasteiger partial charge on any atom is -0.354 e. The summed E-state index contributed by atoms with van der Waals surface area (Å²) in [5.41, 5.74) is 6.92. The van der Waals surface area contributed by atoms with Gasteiger partial charge in [0.2, 0.25) is 0 Å². The maximum Gasteiger partial charge on any atom is 0.193 e. The van der Waals surface area contributed by atoms with Crippen molar-refractivity contribution in [2.24, 2.45) is 5.73 Å². The van der Waals surface area contributed by atoms with Gasteiger partial charge in [-0.15, -0.1) is 11.3 Å². The van der Waals surface area contributed by atoms with Crippen LogP contribution in [0.5, 0.6) is 0 Å². The summed E-state index contributed by atoms with van der Waals surface area (Å²) < 4.78 is 12.2. The molecule has 5 nitrogen and oxygen atoms in total. The highest BCUT2D eigenvalue weighted by atomic mass is 32.1. The fraction of sp³-hybridized carbons (Fsp3) is 0.500. The average Bonchev–Trinajstić information content (AvgIpc) is 2.79. The Balaban J connectivity index is 2.06. The van der Waals surface area contributed by atoms with Gasteiger partial charge in [0.05, 0.1) is 11.7 Å². The summed E-state index contributed by atoms with van der Waals surface area (Å²) in [6.07, 6.45) is 4.21. The van der Waals surface area contributed by atoms with Crippen LogP contribution in [0.25, 0.3) is 4.96 Å². The Morgan fingerprint density at radius 1 is 1.50 bits per heavy atom. The monoisotopic (exact) mass is 241 g/mol. The number of nitrogens with two attached hydrogens (primary N) is 1. The minimum absolute atomic E-state index is 0.209. The van der Waals surface area contributed by atoms with Gasteiger partial charge < -0.3 is 15.2 Å². The summed E-state index contributed by atoms with van der Waals surface area (Å²) in [6, 6.07) is -0.209. The maximum absolute atomic E-state index is 5.97. The zero-order valence-electron chi connectivity index (χ0n) is 9.29. The van der Waals surface area contributed by atoms with Crippen molar-refractivity contribution in [2.45, 2.75) is 18.8 Å². The lowest BCUT2D eigenvalue weighted by Gasteiger charge is -2.19. The molecule has 0 bridgehead atoms. The van der Waals surface area contributed by atoms with Crippen LogP contribution < -0.4 is 5.73 Å². The Kier molecular flexibility index (Phi) is 3.55. The molecular formula is C10H15N3O2S. The Morgan fingerprint density at radius 3 is 2.88 bits per heavy atom. The topological polar surface area (TPSA) is 61.8 Å². The van der Waals surface area contributed by atoms with Crippen molar-refractivity contribution in [3.05, 3.63) is 23.5 Å². The lowest BCUT2D eigenvalue weighted by atomic mass is 10.2. The first-order valence-corrected chi connectivity index (χ1v) is 5.85. The lowest BCUT2D eigenvalue weighted by molar-refractivity contribution is -0.116. The highest BCUT2D eigenvalue weighted by Gasteiger charge is 2.18. The second-order valence-electron chi connectivity index (χ2n) is 3.53. The van der Waals surface area contributed by atoms with Crippen LogP contribution >= 0.6 is 11.3 Å². The second kappa shape index (κ2) is 4.92. The fourth-order valence-corrected chi connectivity index (χ4v) is 2.38. The molecule has 6 heteroatoms. The number of fused-ring (bicyclic) bond motifs is 1. The van der Waals surface area contributed by atoms with Gasteiger partial charge in [0.15, 0.2) is 11.3 Å². The zero-order valence-corrected chi connectivity index (χ0v) is 10.1. The summed E-state index contributed by atoms with van der Waals surface area (Å²) in [5.74, 6) is 0. The van der Waals surface area contributed by atoms with Crippen LogP contribution in [0.15, 0.2) is 17.8 Å². The lowest BCUT2D eigenvalue weighted by Crippen LogP contribution is -2.39. The molecule has 2 aromatic rings. The van der Waals surface area contributed by atoms with E-state index in [4.69, 9.17) is 15.2 Å². The smallest absolute Gasteiger partial charge is 0.193 e. The molecule has 0 amide bonds. The molecule has 0 saturated heterocycles. The molecule has 1 atom stereocenters. The van der Waals surface area contributed by atoms with Gasteiger partial charge in [0, 0.05) is 38.4 Å². The van der Waals surface area contributed by atoms with E-state index in [0.717, 1.165) is 10.7 Å². The van der Waals surface area contributed by atoms with Gasteiger partial charge in [0.1, 0.15) is 0 Å². The predicted molar refractivity (Wildman–Crippen MR) is 62.6 cm³/mol. The first kappa shape index (κ1) is 11.5. The Bertz CT molecular complexity index is 421. The zero-order chi connectivity index (χ0) is 11.5. The SMILES string of the molecule is COC(OC)C(N)Cc1cn2ccsc2n1. The van der Waals surface area contributed by atoms with E-state index in [1.807, 2.05) is 22.2 Å². The van der Waals surface area contributed by atoms with E-state index in [-0.39, 0.29) is 12.3 Å². The molecule has 0 aliphatic heterocycles. The van der Waals surface area contributed by atoms with Gasteiger partial charge in [-0.2, -0.15) is 0 Å². The van der Waals surface area contributed by atoms with Crippen molar-refractivity contribution in [1.29, 1.82) is 0 Å². The van der Waals surface area contributed by atoms with Gasteiger partial charge in [-0.3, -0.25) is 4.40 Å². The number of imidazole rings is 1. The fourth-order valence-electron chi connectivity index (χ4n) is 1.66. The Hall–Kier alpha value is -0.950. The summed E-state index contributed by atoms with van der Waals surface area (Å²) in [4.78, 5) is 5.43. The maximum atomic E-state index is 5.97. The summed E-state index contributed by atoms with van der Waals surface area (Å²) >= 11 is 1.60. The number of ether oxygens (including phenoxy) is 2. The van der Waals surface area contributed by atoms with Gasteiger partial charge >= 0.3 is 0 Å². The van der Waals surface area contributed by atoms with Gasteiger partial charge in [-0.1, -0.05) is 0 Å². The van der Waals surface area contributed by atoms with Crippen LogP contribution in [-0.4, -0.2) is 35.9 Å². The third kappa shape index (κ3) is 2.25. The molecule has 0 aliphatic rings. The number of hydrogen-bond acceptors (Lipinski definition) is 5. The first-order valence-electron chi connectivity index (χ1n) is 4.97. The largest absolute Gasteiger partial charge is 0.354 e. The van der Waals surface area contributed by atoms with Crippen LogP contribution in [0.2, 0.25) is 0 Å². The van der Waals surface area contributed by atoms with Crippen molar-refractivity contribution in [3.63, 3.8) is 0 Å². The molecular weight excluding hydrogens is 226 g/mol. The van der Waals surface area contributed by atoms with Crippen LogP contribution in [-0.2, 0) is 15.9 Å². The number of thiazole rings is 1. The van der Waals surface area contributed by atoms with E-state index < -0.39 is 0 Å². The van der Waals surface area contributed by atoms with E-state index >= 15 is 0 Å². The van der Waals surface area contributed by atoms with Gasteiger partial charge in [0.25, 0.3) is 0 Å². The van der Waals surface area contributed by atoms with Gasteiger partial charge in [-0.25, -0.2) is 4.98 Å². The Labute approximate surface area is 97.8 Å². The molecule has 0 radical (unpaired) electrons. The van der Waals surface area contributed by atoms with Crippen molar-refractivity contribution in [1.82, 2.24) is 9.38 Å². The summed E-state index contributed by atoms with van der Waals surface area (Å²) in [6.45, 7) is 0. The second-order valence-corrected chi connectivity index (χ2v) is 4.41. The molecule has 16 heavy (non-hydrogen) atoms. The van der Waals surface area contributed by atoms with Crippen LogP contribution in [0.3, 0.4) is 0 Å². The normalized spacial score (nSPS) is 13.8. The third-order valence-corrected chi connectivity index (χ3v) is 3.17. The van der Waals surface area contributed by atoms with Crippen molar-refractivity contribution in [3.8, 4) is 0 Å². The molecule has 88 valence electrons. The Morgan fingerprint density at radius 2 is 2.25 bits per heavy atom. The van der Waals surface area contributed by atoms with Crippen LogP contribution in [0, 0.1) is 0 Å². The van der Waals surface area contributed by atoms with E-state index in [0.29, 0.717) is 6.42 Å². The molecule has 0 spiro atoms. The van der Waals surface area contributed by atoms with Crippen molar-refractivity contribution in [2.75, 3.05) is 14.2 Å². The highest BCUT2D eigenvalue weighted by molar-refractivity contribution is 7.15. The quantitative estimate of drug-likeness (QED) is 0.790. The minimum atomic E-state index is -0.389.